The summed E-state index contributed by atoms with van der Waals surface area (Å²) >= 11 is 1.42. The molecule has 8 heteroatoms. The summed E-state index contributed by atoms with van der Waals surface area (Å²) in [5.74, 6) is 0.0467. The molecule has 0 atom stereocenters. The van der Waals surface area contributed by atoms with Gasteiger partial charge in [0, 0.05) is 39.1 Å². The molecule has 1 fully saturated rings. The molecular formula is C28H52N6OS. The predicted molar refractivity (Wildman–Crippen MR) is 155 cm³/mol. The molecule has 0 radical (unpaired) electrons. The third-order valence-corrected chi connectivity index (χ3v) is 7.66. The molecule has 1 aromatic heterocycles. The van der Waals surface area contributed by atoms with Crippen LogP contribution in [-0.4, -0.2) is 72.2 Å². The smallest absolute Gasteiger partial charge is 0.226 e. The third-order valence-electron chi connectivity index (χ3n) is 6.86. The van der Waals surface area contributed by atoms with Gasteiger partial charge < -0.3 is 20.4 Å². The molecule has 2 heterocycles. The zero-order valence-corrected chi connectivity index (χ0v) is 23.9. The Kier molecular flexibility index (Phi) is 17.5. The molecule has 36 heavy (non-hydrogen) atoms. The normalized spacial score (nSPS) is 15.1. The van der Waals surface area contributed by atoms with Crippen LogP contribution in [-0.2, 0) is 4.79 Å². The molecule has 206 valence electrons. The monoisotopic (exact) mass is 520 g/mol. The first-order valence-corrected chi connectivity index (χ1v) is 15.4. The van der Waals surface area contributed by atoms with Crippen molar-refractivity contribution in [1.82, 2.24) is 20.0 Å². The molecule has 2 rings (SSSR count). The summed E-state index contributed by atoms with van der Waals surface area (Å²) in [7, 11) is 2.18. The standard InChI is InChI=1S/C28H52N6OS/c1-3-4-5-6-7-8-9-10-11-12-13-14-15-16-17-19-26(35)30-28-32-31-27(36-28)29-20-18-21-34-24-22-33(2)23-25-34/h10-11H,3-9,12-25H2,1-2H3,(H,29,31)(H,30,32,35). The van der Waals surface area contributed by atoms with Crippen LogP contribution in [0.15, 0.2) is 12.2 Å². The fourth-order valence-electron chi connectivity index (χ4n) is 4.45. The van der Waals surface area contributed by atoms with Crippen molar-refractivity contribution in [2.24, 2.45) is 0 Å². The highest BCUT2D eigenvalue weighted by molar-refractivity contribution is 7.19. The predicted octanol–water partition coefficient (Wildman–Crippen LogP) is 6.56. The van der Waals surface area contributed by atoms with E-state index >= 15 is 0 Å². The Morgan fingerprint density at radius 3 is 2.14 bits per heavy atom. The lowest BCUT2D eigenvalue weighted by Crippen LogP contribution is -2.44. The van der Waals surface area contributed by atoms with E-state index in [0.717, 1.165) is 63.7 Å². The maximum absolute atomic E-state index is 12.2. The van der Waals surface area contributed by atoms with E-state index in [-0.39, 0.29) is 5.91 Å². The van der Waals surface area contributed by atoms with Crippen molar-refractivity contribution >= 4 is 27.5 Å². The van der Waals surface area contributed by atoms with Crippen molar-refractivity contribution in [3.8, 4) is 0 Å². The van der Waals surface area contributed by atoms with Gasteiger partial charge in [-0.3, -0.25) is 4.79 Å². The summed E-state index contributed by atoms with van der Waals surface area (Å²) in [6.45, 7) is 8.88. The zero-order chi connectivity index (χ0) is 25.7. The lowest BCUT2D eigenvalue weighted by Gasteiger charge is -2.32. The lowest BCUT2D eigenvalue weighted by molar-refractivity contribution is -0.116. The SMILES string of the molecule is CCCCCCCCC=CCCCCCCCC(=O)Nc1nnc(NCCCN2CCN(C)CC2)s1. The minimum Gasteiger partial charge on any atom is -0.360 e. The van der Waals surface area contributed by atoms with Crippen molar-refractivity contribution in [2.45, 2.75) is 103 Å². The molecule has 2 N–H and O–H groups in total. The number of allylic oxidation sites excluding steroid dienone is 2. The van der Waals surface area contributed by atoms with E-state index in [0.29, 0.717) is 11.6 Å². The molecule has 0 unspecified atom stereocenters. The Labute approximate surface area is 224 Å². The Hall–Kier alpha value is -1.51. The number of anilines is 2. The van der Waals surface area contributed by atoms with Crippen molar-refractivity contribution in [3.63, 3.8) is 0 Å². The number of nitrogens with one attached hydrogen (secondary N) is 2. The van der Waals surface area contributed by atoms with E-state index in [1.807, 2.05) is 0 Å². The van der Waals surface area contributed by atoms with Gasteiger partial charge >= 0.3 is 0 Å². The van der Waals surface area contributed by atoms with Crippen LogP contribution in [0.3, 0.4) is 0 Å². The van der Waals surface area contributed by atoms with Gasteiger partial charge in [-0.15, -0.1) is 10.2 Å². The zero-order valence-electron chi connectivity index (χ0n) is 23.1. The minimum absolute atomic E-state index is 0.0467. The largest absolute Gasteiger partial charge is 0.360 e. The topological polar surface area (TPSA) is 73.4 Å². The highest BCUT2D eigenvalue weighted by Crippen LogP contribution is 2.20. The first-order valence-electron chi connectivity index (χ1n) is 14.6. The summed E-state index contributed by atoms with van der Waals surface area (Å²) < 4.78 is 0. The maximum Gasteiger partial charge on any atom is 0.226 e. The fraction of sp³-hybridized carbons (Fsp3) is 0.821. The number of hydrogen-bond donors (Lipinski definition) is 2. The third kappa shape index (κ3) is 15.6. The number of piperazine rings is 1. The van der Waals surface area contributed by atoms with Crippen LogP contribution in [0.2, 0.25) is 0 Å². The number of likely N-dealkylation sites (N-methyl/N-ethyl adjacent to an activating group) is 1. The first-order chi connectivity index (χ1) is 17.7. The second-order valence-electron chi connectivity index (χ2n) is 10.2. The van der Waals surface area contributed by atoms with Gasteiger partial charge in [0.2, 0.25) is 16.2 Å². The Bertz CT molecular complexity index is 702. The number of aromatic nitrogens is 2. The van der Waals surface area contributed by atoms with Gasteiger partial charge in [0.1, 0.15) is 0 Å². The summed E-state index contributed by atoms with van der Waals surface area (Å²) in [5.41, 5.74) is 0. The van der Waals surface area contributed by atoms with Crippen molar-refractivity contribution in [2.75, 3.05) is 56.9 Å². The average molecular weight is 521 g/mol. The Morgan fingerprint density at radius 2 is 1.44 bits per heavy atom. The molecule has 0 aromatic carbocycles. The molecule has 1 amide bonds. The van der Waals surface area contributed by atoms with Crippen LogP contribution in [0.25, 0.3) is 0 Å². The van der Waals surface area contributed by atoms with Gasteiger partial charge in [-0.1, -0.05) is 81.8 Å². The van der Waals surface area contributed by atoms with E-state index < -0.39 is 0 Å². The molecule has 1 aliphatic rings. The van der Waals surface area contributed by atoms with E-state index in [1.54, 1.807) is 0 Å². The van der Waals surface area contributed by atoms with E-state index in [9.17, 15) is 4.79 Å². The molecule has 0 aliphatic carbocycles. The van der Waals surface area contributed by atoms with E-state index in [1.165, 1.54) is 82.0 Å². The number of amides is 1. The van der Waals surface area contributed by atoms with Gasteiger partial charge in [-0.05, 0) is 52.1 Å². The van der Waals surface area contributed by atoms with Crippen LogP contribution in [0.1, 0.15) is 103 Å². The minimum atomic E-state index is 0.0467. The van der Waals surface area contributed by atoms with Crippen LogP contribution in [0.4, 0.5) is 10.3 Å². The quantitative estimate of drug-likeness (QED) is 0.141. The Morgan fingerprint density at radius 1 is 0.833 bits per heavy atom. The van der Waals surface area contributed by atoms with Crippen molar-refractivity contribution in [1.29, 1.82) is 0 Å². The van der Waals surface area contributed by atoms with Gasteiger partial charge in [-0.25, -0.2) is 0 Å². The molecular weight excluding hydrogens is 468 g/mol. The summed E-state index contributed by atoms with van der Waals surface area (Å²) in [4.78, 5) is 17.1. The van der Waals surface area contributed by atoms with Crippen molar-refractivity contribution in [3.05, 3.63) is 12.2 Å². The number of carbonyl (C=O) groups excluding carboxylic acids is 1. The van der Waals surface area contributed by atoms with Crippen LogP contribution >= 0.6 is 11.3 Å². The van der Waals surface area contributed by atoms with Crippen LogP contribution < -0.4 is 10.6 Å². The molecule has 1 saturated heterocycles. The molecule has 1 aromatic rings. The molecule has 0 saturated carbocycles. The number of unbranched alkanes of at least 4 members (excludes halogenated alkanes) is 11. The Balaban J connectivity index is 1.39. The molecule has 0 spiro atoms. The average Bonchev–Trinajstić information content (AvgIpc) is 3.32. The summed E-state index contributed by atoms with van der Waals surface area (Å²) in [6.07, 6.45) is 22.8. The lowest BCUT2D eigenvalue weighted by atomic mass is 10.1. The number of nitrogens with zero attached hydrogens (tertiary/aromatic N) is 4. The first kappa shape index (κ1) is 30.7. The summed E-state index contributed by atoms with van der Waals surface area (Å²) in [5, 5.41) is 15.9. The molecule has 7 nitrogen and oxygen atoms in total. The fourth-order valence-corrected chi connectivity index (χ4v) is 5.14. The summed E-state index contributed by atoms with van der Waals surface area (Å²) in [6, 6.07) is 0. The van der Waals surface area contributed by atoms with Crippen LogP contribution in [0, 0.1) is 0 Å². The van der Waals surface area contributed by atoms with Gasteiger partial charge in [0.05, 0.1) is 0 Å². The highest BCUT2D eigenvalue weighted by atomic mass is 32.1. The number of carbonyl (C=O) groups is 1. The molecule has 1 aliphatic heterocycles. The second-order valence-corrected chi connectivity index (χ2v) is 11.2. The number of rotatable bonds is 21. The molecule has 0 bridgehead atoms. The van der Waals surface area contributed by atoms with E-state index in [2.05, 4.69) is 56.8 Å². The highest BCUT2D eigenvalue weighted by Gasteiger charge is 2.13. The second kappa shape index (κ2) is 20.5. The van der Waals surface area contributed by atoms with Gasteiger partial charge in [0.25, 0.3) is 0 Å². The maximum atomic E-state index is 12.2. The van der Waals surface area contributed by atoms with Crippen LogP contribution in [0.5, 0.6) is 0 Å². The number of hydrogen-bond acceptors (Lipinski definition) is 7. The van der Waals surface area contributed by atoms with Gasteiger partial charge in [0.15, 0.2) is 0 Å². The van der Waals surface area contributed by atoms with Crippen molar-refractivity contribution < 1.29 is 4.79 Å². The van der Waals surface area contributed by atoms with E-state index in [4.69, 9.17) is 0 Å². The van der Waals surface area contributed by atoms with Gasteiger partial charge in [-0.2, -0.15) is 0 Å².